The van der Waals surface area contributed by atoms with Gasteiger partial charge in [0.05, 0.1) is 0 Å². The summed E-state index contributed by atoms with van der Waals surface area (Å²) in [6.07, 6.45) is 3.39. The maximum absolute atomic E-state index is 11.8. The molecule has 0 radical (unpaired) electrons. The van der Waals surface area contributed by atoms with Gasteiger partial charge in [-0.05, 0) is 48.1 Å². The quantitative estimate of drug-likeness (QED) is 0.626. The molecule has 0 unspecified atom stereocenters. The first-order valence-corrected chi connectivity index (χ1v) is 8.36. The fourth-order valence-electron chi connectivity index (χ4n) is 2.68. The number of rotatable bonds is 2. The predicted molar refractivity (Wildman–Crippen MR) is 92.1 cm³/mol. The van der Waals surface area contributed by atoms with E-state index in [0.29, 0.717) is 11.3 Å². The number of thiocarbonyl (C=S) groups is 1. The molecule has 0 saturated carbocycles. The van der Waals surface area contributed by atoms with Gasteiger partial charge in [0.2, 0.25) is 0 Å². The predicted octanol–water partition coefficient (Wildman–Crippen LogP) is 3.36. The monoisotopic (exact) mass is 319 g/mol. The van der Waals surface area contributed by atoms with Crippen molar-refractivity contribution in [3.05, 3.63) is 45.3 Å². The van der Waals surface area contributed by atoms with Gasteiger partial charge in [0.15, 0.2) is 0 Å². The Morgan fingerprint density at radius 1 is 1.29 bits per heavy atom. The van der Waals surface area contributed by atoms with Crippen LogP contribution in [0.15, 0.2) is 27.4 Å². The van der Waals surface area contributed by atoms with Crippen LogP contribution in [0.3, 0.4) is 0 Å². The molecule has 0 N–H and O–H groups in total. The van der Waals surface area contributed by atoms with Crippen LogP contribution in [0.1, 0.15) is 23.1 Å². The number of nitrogens with zero attached hydrogens (tertiary/aromatic N) is 1. The van der Waals surface area contributed by atoms with Crippen molar-refractivity contribution in [2.75, 3.05) is 14.1 Å². The Balaban J connectivity index is 2.01. The summed E-state index contributed by atoms with van der Waals surface area (Å²) in [5.41, 5.74) is 4.13. The van der Waals surface area contributed by atoms with Crippen molar-refractivity contribution in [3.63, 3.8) is 0 Å². The van der Waals surface area contributed by atoms with E-state index in [-0.39, 0.29) is 5.63 Å². The Morgan fingerprint density at radius 3 is 2.71 bits per heavy atom. The largest absolute Gasteiger partial charge is 0.423 e. The number of fused-ring (bicyclic) bond motifs is 2. The lowest BCUT2D eigenvalue weighted by Gasteiger charge is -2.13. The first-order chi connectivity index (χ1) is 10.0. The van der Waals surface area contributed by atoms with Gasteiger partial charge in [-0.2, -0.15) is 0 Å². The summed E-state index contributed by atoms with van der Waals surface area (Å²) in [4.78, 5) is 13.7. The van der Waals surface area contributed by atoms with Crippen LogP contribution < -0.4 is 5.63 Å². The normalized spacial score (nSPS) is 13.4. The third-order valence-corrected chi connectivity index (χ3v) is 5.55. The first kappa shape index (κ1) is 14.6. The summed E-state index contributed by atoms with van der Waals surface area (Å²) in [5.74, 6) is 0.692. The molecule has 0 saturated heterocycles. The van der Waals surface area contributed by atoms with Gasteiger partial charge in [0, 0.05) is 31.3 Å². The molecule has 5 heteroatoms. The van der Waals surface area contributed by atoms with E-state index < -0.39 is 0 Å². The molecule has 2 aromatic rings. The van der Waals surface area contributed by atoms with Crippen LogP contribution in [-0.4, -0.2) is 23.3 Å². The Kier molecular flexibility index (Phi) is 4.04. The van der Waals surface area contributed by atoms with Crippen LogP contribution in [0.5, 0.6) is 0 Å². The highest BCUT2D eigenvalue weighted by Crippen LogP contribution is 2.30. The lowest BCUT2D eigenvalue weighted by atomic mass is 10.0. The molecule has 0 aliphatic heterocycles. The highest BCUT2D eigenvalue weighted by atomic mass is 32.2. The molecule has 1 aromatic heterocycles. The fourth-order valence-corrected chi connectivity index (χ4v) is 3.64. The van der Waals surface area contributed by atoms with Crippen LogP contribution in [0.2, 0.25) is 0 Å². The molecule has 3 nitrogen and oxygen atoms in total. The first-order valence-electron chi connectivity index (χ1n) is 6.97. The summed E-state index contributed by atoms with van der Waals surface area (Å²) in [7, 11) is 3.86. The van der Waals surface area contributed by atoms with Crippen LogP contribution in [0.25, 0.3) is 11.0 Å². The van der Waals surface area contributed by atoms with Crippen LogP contribution in [0, 0.1) is 0 Å². The Morgan fingerprint density at radius 2 is 2.00 bits per heavy atom. The molecule has 21 heavy (non-hydrogen) atoms. The molecule has 1 aliphatic carbocycles. The maximum Gasteiger partial charge on any atom is 0.336 e. The van der Waals surface area contributed by atoms with Crippen molar-refractivity contribution in [2.45, 2.75) is 25.0 Å². The van der Waals surface area contributed by atoms with Crippen molar-refractivity contribution in [2.24, 2.45) is 0 Å². The lowest BCUT2D eigenvalue weighted by Crippen LogP contribution is -2.16. The molecule has 0 spiro atoms. The summed E-state index contributed by atoms with van der Waals surface area (Å²) >= 11 is 6.87. The zero-order valence-corrected chi connectivity index (χ0v) is 13.8. The molecule has 0 fully saturated rings. The average molecular weight is 319 g/mol. The molecule has 0 bridgehead atoms. The fraction of sp³-hybridized carbons (Fsp3) is 0.375. The Bertz CT molecular complexity index is 765. The van der Waals surface area contributed by atoms with E-state index in [9.17, 15) is 4.79 Å². The zero-order valence-electron chi connectivity index (χ0n) is 12.1. The van der Waals surface area contributed by atoms with Gasteiger partial charge in [0.1, 0.15) is 9.90 Å². The van der Waals surface area contributed by atoms with Gasteiger partial charge < -0.3 is 9.32 Å². The third-order valence-electron chi connectivity index (χ3n) is 3.76. The summed E-state index contributed by atoms with van der Waals surface area (Å²) in [6.45, 7) is 0. The van der Waals surface area contributed by atoms with Gasteiger partial charge in [0.25, 0.3) is 0 Å². The minimum Gasteiger partial charge on any atom is -0.423 e. The maximum atomic E-state index is 11.8. The van der Waals surface area contributed by atoms with Gasteiger partial charge in [-0.3, -0.25) is 0 Å². The number of thioether (sulfide) groups is 1. The molecule has 1 aromatic carbocycles. The van der Waals surface area contributed by atoms with Crippen molar-refractivity contribution in [1.29, 1.82) is 0 Å². The van der Waals surface area contributed by atoms with E-state index in [4.69, 9.17) is 16.6 Å². The molecule has 1 heterocycles. The molecule has 1 aliphatic rings. The minimum absolute atomic E-state index is 0.285. The van der Waals surface area contributed by atoms with Crippen molar-refractivity contribution in [1.82, 2.24) is 4.90 Å². The van der Waals surface area contributed by atoms with Crippen molar-refractivity contribution in [3.8, 4) is 0 Å². The zero-order chi connectivity index (χ0) is 15.0. The lowest BCUT2D eigenvalue weighted by molar-refractivity contribution is 0.559. The highest BCUT2D eigenvalue weighted by Gasteiger charge is 2.15. The van der Waals surface area contributed by atoms with E-state index in [1.165, 1.54) is 17.5 Å². The van der Waals surface area contributed by atoms with Gasteiger partial charge in [-0.1, -0.05) is 24.0 Å². The summed E-state index contributed by atoms with van der Waals surface area (Å²) in [5, 5.41) is 1.05. The van der Waals surface area contributed by atoms with E-state index in [1.807, 2.05) is 25.1 Å². The molecule has 0 amide bonds. The second kappa shape index (κ2) is 5.81. The van der Waals surface area contributed by atoms with E-state index in [1.54, 1.807) is 17.8 Å². The SMILES string of the molecule is CN(C)C(=S)SCc1cc(=O)oc2cc3c(cc12)CCC3. The van der Waals surface area contributed by atoms with E-state index in [2.05, 4.69) is 6.07 Å². The van der Waals surface area contributed by atoms with E-state index in [0.717, 1.165) is 28.1 Å². The van der Waals surface area contributed by atoms with Crippen molar-refractivity contribution >= 4 is 39.3 Å². The number of hydrogen-bond acceptors (Lipinski definition) is 4. The van der Waals surface area contributed by atoms with Gasteiger partial charge in [-0.15, -0.1) is 0 Å². The highest BCUT2D eigenvalue weighted by molar-refractivity contribution is 8.22. The smallest absolute Gasteiger partial charge is 0.336 e. The Hall–Kier alpha value is -1.33. The molecular formula is C16H17NO2S2. The molecular weight excluding hydrogens is 302 g/mol. The topological polar surface area (TPSA) is 33.5 Å². The number of benzene rings is 1. The minimum atomic E-state index is -0.285. The van der Waals surface area contributed by atoms with Gasteiger partial charge >= 0.3 is 5.63 Å². The van der Waals surface area contributed by atoms with E-state index >= 15 is 0 Å². The second-order valence-corrected chi connectivity index (χ2v) is 7.12. The number of hydrogen-bond donors (Lipinski definition) is 0. The standard InChI is InChI=1S/C16H17NO2S2/c1-17(2)16(20)21-9-12-8-15(18)19-14-7-11-5-3-4-10(11)6-13(12)14/h6-8H,3-5,9H2,1-2H3. The molecule has 110 valence electrons. The molecule has 3 rings (SSSR count). The summed E-state index contributed by atoms with van der Waals surface area (Å²) < 4.78 is 6.19. The number of aryl methyl sites for hydroxylation is 2. The second-order valence-electron chi connectivity index (χ2n) is 5.51. The van der Waals surface area contributed by atoms with Crippen LogP contribution in [-0.2, 0) is 18.6 Å². The van der Waals surface area contributed by atoms with Crippen LogP contribution >= 0.6 is 24.0 Å². The average Bonchev–Trinajstić information content (AvgIpc) is 2.89. The Labute approximate surface area is 133 Å². The molecule has 0 atom stereocenters. The van der Waals surface area contributed by atoms with Gasteiger partial charge in [-0.25, -0.2) is 4.79 Å². The summed E-state index contributed by atoms with van der Waals surface area (Å²) in [6, 6.07) is 5.82. The van der Waals surface area contributed by atoms with Crippen LogP contribution in [0.4, 0.5) is 0 Å². The third kappa shape index (κ3) is 2.99. The van der Waals surface area contributed by atoms with Crippen molar-refractivity contribution < 1.29 is 4.42 Å².